The monoisotopic (exact) mass is 250 g/mol. The Morgan fingerprint density at radius 1 is 1.22 bits per heavy atom. The van der Waals surface area contributed by atoms with Gasteiger partial charge in [0.1, 0.15) is 0 Å². The summed E-state index contributed by atoms with van der Waals surface area (Å²) in [6.07, 6.45) is 7.59. The summed E-state index contributed by atoms with van der Waals surface area (Å²) in [5.41, 5.74) is 5.55. The third kappa shape index (κ3) is 2.13. The molecule has 2 atom stereocenters. The number of halogens is 1. The molecule has 18 heavy (non-hydrogen) atoms. The van der Waals surface area contributed by atoms with Gasteiger partial charge in [-0.3, -0.25) is 0 Å². The number of nitrogens with two attached hydrogens (primary N) is 1. The fourth-order valence-electron chi connectivity index (χ4n) is 3.39. The first-order chi connectivity index (χ1) is 8.74. The molecule has 0 radical (unpaired) electrons. The highest BCUT2D eigenvalue weighted by Gasteiger charge is 2.32. The molecule has 2 N–H and O–H groups in total. The van der Waals surface area contributed by atoms with Crippen LogP contribution in [0.3, 0.4) is 0 Å². The molecule has 1 saturated heterocycles. The maximum absolute atomic E-state index is 13.8. The lowest BCUT2D eigenvalue weighted by atomic mass is 9.75. The van der Waals surface area contributed by atoms with Crippen molar-refractivity contribution in [3.8, 4) is 0 Å². The summed E-state index contributed by atoms with van der Waals surface area (Å²) in [7, 11) is 0. The van der Waals surface area contributed by atoms with Gasteiger partial charge in [0.25, 0.3) is 0 Å². The van der Waals surface area contributed by atoms with E-state index in [4.69, 9.17) is 5.73 Å². The van der Waals surface area contributed by atoms with Crippen LogP contribution in [0.4, 0.5) is 16.2 Å². The topological polar surface area (TPSA) is 55.0 Å². The zero-order valence-electron chi connectivity index (χ0n) is 10.5. The lowest BCUT2D eigenvalue weighted by Crippen LogP contribution is -2.42. The first-order valence-corrected chi connectivity index (χ1v) is 6.77. The largest absolute Gasteiger partial charge is 0.368 e. The Bertz CT molecular complexity index is 437. The number of aromatic nitrogens is 2. The first kappa shape index (κ1) is 11.7. The molecule has 1 aliphatic carbocycles. The van der Waals surface area contributed by atoms with Crippen molar-refractivity contribution in [1.82, 2.24) is 9.97 Å². The lowest BCUT2D eigenvalue weighted by molar-refractivity contribution is 0.201. The van der Waals surface area contributed by atoms with Gasteiger partial charge in [-0.15, -0.1) is 0 Å². The third-order valence-corrected chi connectivity index (χ3v) is 4.33. The van der Waals surface area contributed by atoms with Gasteiger partial charge >= 0.3 is 0 Å². The van der Waals surface area contributed by atoms with Crippen LogP contribution < -0.4 is 10.6 Å². The van der Waals surface area contributed by atoms with Crippen molar-refractivity contribution in [2.75, 3.05) is 23.7 Å². The van der Waals surface area contributed by atoms with Crippen LogP contribution in [0, 0.1) is 17.7 Å². The first-order valence-electron chi connectivity index (χ1n) is 6.77. The normalized spacial score (nSPS) is 27.9. The molecule has 0 amide bonds. The van der Waals surface area contributed by atoms with Gasteiger partial charge in [0, 0.05) is 13.1 Å². The van der Waals surface area contributed by atoms with Crippen LogP contribution in [-0.2, 0) is 0 Å². The molecule has 2 aliphatic rings. The van der Waals surface area contributed by atoms with E-state index in [1.165, 1.54) is 31.9 Å². The Kier molecular flexibility index (Phi) is 3.06. The average Bonchev–Trinajstić information content (AvgIpc) is 2.41. The highest BCUT2D eigenvalue weighted by atomic mass is 19.1. The van der Waals surface area contributed by atoms with E-state index >= 15 is 0 Å². The minimum absolute atomic E-state index is 0.150. The van der Waals surface area contributed by atoms with E-state index < -0.39 is 0 Å². The van der Waals surface area contributed by atoms with Gasteiger partial charge in [0.05, 0.1) is 6.20 Å². The number of nitrogens with zero attached hydrogens (tertiary/aromatic N) is 3. The predicted molar refractivity (Wildman–Crippen MR) is 68.7 cm³/mol. The summed E-state index contributed by atoms with van der Waals surface area (Å²) in [5.74, 6) is 1.70. The summed E-state index contributed by atoms with van der Waals surface area (Å²) in [6, 6.07) is 0. The van der Waals surface area contributed by atoms with Crippen LogP contribution in [0.1, 0.15) is 32.1 Å². The second kappa shape index (κ2) is 4.71. The van der Waals surface area contributed by atoms with Crippen LogP contribution in [0.2, 0.25) is 0 Å². The fourth-order valence-corrected chi connectivity index (χ4v) is 3.39. The number of hydrogen-bond donors (Lipinski definition) is 1. The van der Waals surface area contributed by atoms with E-state index in [0.717, 1.165) is 25.4 Å². The van der Waals surface area contributed by atoms with Gasteiger partial charge in [-0.1, -0.05) is 19.3 Å². The average molecular weight is 250 g/mol. The molecule has 0 spiro atoms. The Morgan fingerprint density at radius 3 is 2.83 bits per heavy atom. The molecule has 1 saturated carbocycles. The molecule has 98 valence electrons. The number of hydrogen-bond acceptors (Lipinski definition) is 4. The van der Waals surface area contributed by atoms with E-state index in [0.29, 0.717) is 11.7 Å². The summed E-state index contributed by atoms with van der Waals surface area (Å²) >= 11 is 0. The zero-order valence-corrected chi connectivity index (χ0v) is 10.5. The van der Waals surface area contributed by atoms with Crippen molar-refractivity contribution in [3.05, 3.63) is 12.0 Å². The van der Waals surface area contributed by atoms with E-state index in [9.17, 15) is 4.39 Å². The molecule has 1 aliphatic heterocycles. The van der Waals surface area contributed by atoms with Crippen LogP contribution >= 0.6 is 0 Å². The highest BCUT2D eigenvalue weighted by Crippen LogP contribution is 2.37. The van der Waals surface area contributed by atoms with Crippen molar-refractivity contribution in [1.29, 1.82) is 0 Å². The smallest absolute Gasteiger partial charge is 0.222 e. The van der Waals surface area contributed by atoms with E-state index in [-0.39, 0.29) is 11.8 Å². The van der Waals surface area contributed by atoms with Crippen molar-refractivity contribution in [2.24, 2.45) is 11.8 Å². The predicted octanol–water partition coefficient (Wildman–Crippen LogP) is 2.21. The van der Waals surface area contributed by atoms with Crippen molar-refractivity contribution in [2.45, 2.75) is 32.1 Å². The van der Waals surface area contributed by atoms with Crippen LogP contribution in [-0.4, -0.2) is 23.1 Å². The number of rotatable bonds is 1. The summed E-state index contributed by atoms with van der Waals surface area (Å²) in [4.78, 5) is 9.77. The Labute approximate surface area is 106 Å². The van der Waals surface area contributed by atoms with Gasteiger partial charge < -0.3 is 10.6 Å². The second-order valence-electron chi connectivity index (χ2n) is 5.44. The zero-order chi connectivity index (χ0) is 12.5. The minimum Gasteiger partial charge on any atom is -0.368 e. The standard InChI is InChI=1S/C13H19FN4/c14-11-7-16-13(15)17-12(11)18-6-5-9-3-1-2-4-10(9)8-18/h7,9-10H,1-6,8H2,(H2,15,16,17). The van der Waals surface area contributed by atoms with Gasteiger partial charge in [0.15, 0.2) is 11.6 Å². The van der Waals surface area contributed by atoms with E-state index in [1.807, 2.05) is 4.90 Å². The van der Waals surface area contributed by atoms with Crippen LogP contribution in [0.5, 0.6) is 0 Å². The molecule has 4 nitrogen and oxygen atoms in total. The van der Waals surface area contributed by atoms with E-state index in [2.05, 4.69) is 9.97 Å². The lowest BCUT2D eigenvalue weighted by Gasteiger charge is -2.41. The van der Waals surface area contributed by atoms with Gasteiger partial charge in [0.2, 0.25) is 5.95 Å². The summed E-state index contributed by atoms with van der Waals surface area (Å²) < 4.78 is 13.8. The molecular formula is C13H19FN4. The molecule has 5 heteroatoms. The van der Waals surface area contributed by atoms with E-state index in [1.54, 1.807) is 0 Å². The molecule has 0 bridgehead atoms. The van der Waals surface area contributed by atoms with Gasteiger partial charge in [-0.05, 0) is 24.7 Å². The summed E-state index contributed by atoms with van der Waals surface area (Å²) in [5, 5.41) is 0. The Hall–Kier alpha value is -1.39. The number of anilines is 2. The maximum atomic E-state index is 13.8. The van der Waals surface area contributed by atoms with Crippen molar-refractivity contribution >= 4 is 11.8 Å². The van der Waals surface area contributed by atoms with Crippen molar-refractivity contribution in [3.63, 3.8) is 0 Å². The van der Waals surface area contributed by atoms with Crippen molar-refractivity contribution < 1.29 is 4.39 Å². The highest BCUT2D eigenvalue weighted by molar-refractivity contribution is 5.43. The molecule has 3 rings (SSSR count). The fraction of sp³-hybridized carbons (Fsp3) is 0.692. The maximum Gasteiger partial charge on any atom is 0.222 e. The molecule has 1 aromatic heterocycles. The molecule has 2 fully saturated rings. The quantitative estimate of drug-likeness (QED) is 0.830. The van der Waals surface area contributed by atoms with Crippen LogP contribution in [0.15, 0.2) is 6.20 Å². The van der Waals surface area contributed by atoms with Gasteiger partial charge in [-0.2, -0.15) is 4.98 Å². The molecule has 1 aromatic rings. The van der Waals surface area contributed by atoms with Crippen LogP contribution in [0.25, 0.3) is 0 Å². The minimum atomic E-state index is -0.363. The number of fused-ring (bicyclic) bond motifs is 1. The molecule has 0 aromatic carbocycles. The number of nitrogen functional groups attached to an aromatic ring is 1. The summed E-state index contributed by atoms with van der Waals surface area (Å²) in [6.45, 7) is 1.80. The Balaban J connectivity index is 1.79. The number of piperidine rings is 1. The SMILES string of the molecule is Nc1ncc(F)c(N2CCC3CCCCC3C2)n1. The second-order valence-corrected chi connectivity index (χ2v) is 5.44. The molecule has 2 unspecified atom stereocenters. The Morgan fingerprint density at radius 2 is 2.00 bits per heavy atom. The molecular weight excluding hydrogens is 231 g/mol. The molecule has 2 heterocycles. The third-order valence-electron chi connectivity index (χ3n) is 4.33. The van der Waals surface area contributed by atoms with Gasteiger partial charge in [-0.25, -0.2) is 9.37 Å².